The smallest absolute Gasteiger partial charge is 0.345 e. The van der Waals surface area contributed by atoms with Crippen LogP contribution in [0.3, 0.4) is 0 Å². The third-order valence-corrected chi connectivity index (χ3v) is 7.38. The molecule has 12 nitrogen and oxygen atoms in total. The maximum atomic E-state index is 13.6. The highest BCUT2D eigenvalue weighted by atomic mass is 35.5. The van der Waals surface area contributed by atoms with Crippen molar-refractivity contribution in [1.82, 2.24) is 9.78 Å². The van der Waals surface area contributed by atoms with Crippen LogP contribution in [-0.4, -0.2) is 34.0 Å². The van der Waals surface area contributed by atoms with Crippen LogP contribution in [0.5, 0.6) is 5.88 Å². The average Bonchev–Trinajstić information content (AvgIpc) is 3.20. The summed E-state index contributed by atoms with van der Waals surface area (Å²) < 4.78 is 33.8. The number of para-hydroxylation sites is 1. The lowest BCUT2D eigenvalue weighted by Gasteiger charge is -2.11. The number of aromatic nitrogens is 2. The Morgan fingerprint density at radius 1 is 0.973 bits per heavy atom. The summed E-state index contributed by atoms with van der Waals surface area (Å²) in [5.41, 5.74) is -0.768. The molecule has 3 aromatic carbocycles. The first kappa shape index (κ1) is 25.5. The molecule has 0 aliphatic carbocycles. The maximum absolute atomic E-state index is 13.6. The first-order valence-electron chi connectivity index (χ1n) is 10.3. The summed E-state index contributed by atoms with van der Waals surface area (Å²) in [5, 5.41) is 26.3. The summed E-state index contributed by atoms with van der Waals surface area (Å²) >= 11 is 5.82. The van der Waals surface area contributed by atoms with E-state index in [1.54, 1.807) is 30.3 Å². The lowest BCUT2D eigenvalue weighted by atomic mass is 10.2. The van der Waals surface area contributed by atoms with Gasteiger partial charge in [0.2, 0.25) is 15.7 Å². The van der Waals surface area contributed by atoms with Crippen molar-refractivity contribution in [3.8, 4) is 11.6 Å². The number of nitro groups is 2. The molecule has 0 fully saturated rings. The number of sulfone groups is 1. The van der Waals surface area contributed by atoms with Gasteiger partial charge in [-0.1, -0.05) is 29.8 Å². The lowest BCUT2D eigenvalue weighted by Crippen LogP contribution is -2.14. The number of nitro benzene ring substituents is 2. The van der Waals surface area contributed by atoms with E-state index < -0.39 is 42.1 Å². The highest BCUT2D eigenvalue weighted by Gasteiger charge is 2.33. The van der Waals surface area contributed by atoms with Crippen LogP contribution < -0.4 is 4.74 Å². The molecule has 0 atom stereocenters. The van der Waals surface area contributed by atoms with E-state index in [1.165, 1.54) is 13.0 Å². The van der Waals surface area contributed by atoms with Gasteiger partial charge >= 0.3 is 5.97 Å². The normalized spacial score (nSPS) is 11.2. The first-order chi connectivity index (χ1) is 17.5. The van der Waals surface area contributed by atoms with Gasteiger partial charge in [-0.3, -0.25) is 20.2 Å². The van der Waals surface area contributed by atoms with E-state index >= 15 is 0 Å². The van der Waals surface area contributed by atoms with E-state index in [9.17, 15) is 33.4 Å². The minimum Gasteiger partial charge on any atom is -0.402 e. The van der Waals surface area contributed by atoms with Gasteiger partial charge in [0.25, 0.3) is 11.4 Å². The van der Waals surface area contributed by atoms with Gasteiger partial charge in [-0.2, -0.15) is 9.78 Å². The Balaban J connectivity index is 1.87. The van der Waals surface area contributed by atoms with Crippen LogP contribution in [0.2, 0.25) is 5.02 Å². The second-order valence-corrected chi connectivity index (χ2v) is 9.83. The Bertz CT molecular complexity index is 1650. The summed E-state index contributed by atoms with van der Waals surface area (Å²) in [5.74, 6) is -1.57. The number of benzene rings is 3. The number of aryl methyl sites for hydroxylation is 1. The summed E-state index contributed by atoms with van der Waals surface area (Å²) in [4.78, 5) is 33.0. The molecule has 4 rings (SSSR count). The summed E-state index contributed by atoms with van der Waals surface area (Å²) in [6.07, 6.45) is 0. The van der Waals surface area contributed by atoms with Crippen molar-refractivity contribution >= 4 is 38.8 Å². The largest absolute Gasteiger partial charge is 0.402 e. The standard InChI is InChI=1S/C23H15ClN4O8S/c1-14-21(37(34,35)18-10-8-17(9-11-18)27(30)31)22(26(25-14)16-5-3-2-4-6-16)36-23(29)15-7-12-19(24)20(13-15)28(32)33/h2-13H,1H3. The zero-order valence-corrected chi connectivity index (χ0v) is 20.3. The molecule has 37 heavy (non-hydrogen) atoms. The zero-order valence-electron chi connectivity index (χ0n) is 18.8. The van der Waals surface area contributed by atoms with Crippen molar-refractivity contribution in [2.45, 2.75) is 16.7 Å². The van der Waals surface area contributed by atoms with Gasteiger partial charge in [-0.25, -0.2) is 13.2 Å². The van der Waals surface area contributed by atoms with Gasteiger partial charge in [0.05, 0.1) is 31.7 Å². The zero-order chi connectivity index (χ0) is 26.9. The molecule has 0 radical (unpaired) electrons. The third-order valence-electron chi connectivity index (χ3n) is 5.16. The number of carbonyl (C=O) groups excluding carboxylic acids is 1. The van der Waals surface area contributed by atoms with Crippen LogP contribution in [0.1, 0.15) is 16.1 Å². The molecule has 0 amide bonds. The fourth-order valence-corrected chi connectivity index (χ4v) is 5.13. The highest BCUT2D eigenvalue weighted by molar-refractivity contribution is 7.91. The molecule has 0 saturated heterocycles. The minimum absolute atomic E-state index is 0.0212. The highest BCUT2D eigenvalue weighted by Crippen LogP contribution is 2.36. The van der Waals surface area contributed by atoms with Gasteiger partial charge < -0.3 is 4.74 Å². The van der Waals surface area contributed by atoms with Crippen molar-refractivity contribution in [2.24, 2.45) is 0 Å². The molecular formula is C23H15ClN4O8S. The fraction of sp³-hybridized carbons (Fsp3) is 0.0435. The monoisotopic (exact) mass is 542 g/mol. The average molecular weight is 543 g/mol. The first-order valence-corrected chi connectivity index (χ1v) is 12.2. The minimum atomic E-state index is -4.40. The molecule has 188 valence electrons. The predicted molar refractivity (Wildman–Crippen MR) is 130 cm³/mol. The fourth-order valence-electron chi connectivity index (χ4n) is 3.43. The molecule has 0 aliphatic rings. The van der Waals surface area contributed by atoms with Crippen LogP contribution in [0.25, 0.3) is 5.69 Å². The second kappa shape index (κ2) is 9.79. The van der Waals surface area contributed by atoms with Gasteiger partial charge in [-0.15, -0.1) is 0 Å². The Hall–Kier alpha value is -4.62. The maximum Gasteiger partial charge on any atom is 0.345 e. The lowest BCUT2D eigenvalue weighted by molar-refractivity contribution is -0.385. The van der Waals surface area contributed by atoms with Crippen molar-refractivity contribution < 1.29 is 27.8 Å². The van der Waals surface area contributed by atoms with Crippen molar-refractivity contribution in [3.63, 3.8) is 0 Å². The SMILES string of the molecule is Cc1nn(-c2ccccc2)c(OC(=O)c2ccc(Cl)c([N+](=O)[O-])c2)c1S(=O)(=O)c1ccc([N+](=O)[O-])cc1. The molecule has 1 aromatic heterocycles. The number of ether oxygens (including phenoxy) is 1. The summed E-state index contributed by atoms with van der Waals surface area (Å²) in [7, 11) is -4.40. The van der Waals surface area contributed by atoms with Crippen LogP contribution in [0.15, 0.2) is 82.6 Å². The molecule has 14 heteroatoms. The number of rotatable bonds is 7. The van der Waals surface area contributed by atoms with E-state index in [1.807, 2.05) is 0 Å². The van der Waals surface area contributed by atoms with E-state index in [2.05, 4.69) is 5.10 Å². The Kier molecular flexibility index (Phi) is 6.74. The third kappa shape index (κ3) is 4.90. The molecule has 4 aromatic rings. The van der Waals surface area contributed by atoms with E-state index in [0.29, 0.717) is 5.69 Å². The summed E-state index contributed by atoms with van der Waals surface area (Å²) in [6.45, 7) is 1.39. The van der Waals surface area contributed by atoms with Crippen molar-refractivity contribution in [1.29, 1.82) is 0 Å². The Morgan fingerprint density at radius 3 is 2.22 bits per heavy atom. The van der Waals surface area contributed by atoms with E-state index in [-0.39, 0.29) is 26.9 Å². The van der Waals surface area contributed by atoms with Crippen LogP contribution >= 0.6 is 11.6 Å². The van der Waals surface area contributed by atoms with Crippen LogP contribution in [0.4, 0.5) is 11.4 Å². The topological polar surface area (TPSA) is 165 Å². The Labute approximate surface area is 213 Å². The molecule has 0 aliphatic heterocycles. The Morgan fingerprint density at radius 2 is 1.62 bits per heavy atom. The number of halogens is 1. The van der Waals surface area contributed by atoms with Crippen molar-refractivity contribution in [2.75, 3.05) is 0 Å². The van der Waals surface area contributed by atoms with Crippen LogP contribution in [-0.2, 0) is 9.84 Å². The van der Waals surface area contributed by atoms with E-state index in [0.717, 1.165) is 41.1 Å². The van der Waals surface area contributed by atoms with Gasteiger partial charge in [0.15, 0.2) is 4.90 Å². The van der Waals surface area contributed by atoms with Gasteiger partial charge in [0.1, 0.15) is 5.02 Å². The molecule has 0 N–H and O–H groups in total. The predicted octanol–water partition coefficient (Wildman–Crippen LogP) is 4.70. The molecule has 0 spiro atoms. The van der Waals surface area contributed by atoms with Gasteiger partial charge in [-0.05, 0) is 43.3 Å². The number of esters is 1. The van der Waals surface area contributed by atoms with Crippen LogP contribution in [0, 0.1) is 27.2 Å². The number of nitrogens with zero attached hydrogens (tertiary/aromatic N) is 4. The molecule has 1 heterocycles. The number of hydrogen-bond donors (Lipinski definition) is 0. The summed E-state index contributed by atoms with van der Waals surface area (Å²) in [6, 6.07) is 15.6. The van der Waals surface area contributed by atoms with Gasteiger partial charge in [0, 0.05) is 18.2 Å². The second-order valence-electron chi connectivity index (χ2n) is 7.53. The molecular weight excluding hydrogens is 528 g/mol. The van der Waals surface area contributed by atoms with Crippen molar-refractivity contribution in [3.05, 3.63) is 109 Å². The number of hydrogen-bond acceptors (Lipinski definition) is 9. The molecule has 0 saturated carbocycles. The molecule has 0 unspecified atom stereocenters. The number of non-ortho nitro benzene ring substituents is 1. The molecule has 0 bridgehead atoms. The number of carbonyl (C=O) groups is 1. The van der Waals surface area contributed by atoms with E-state index in [4.69, 9.17) is 16.3 Å². The quantitative estimate of drug-likeness (QED) is 0.183.